The minimum atomic E-state index is -0.0634. The number of hydrogen-bond acceptors (Lipinski definition) is 1. The molecule has 0 amide bonds. The molecule has 1 aromatic rings. The molecule has 16 heavy (non-hydrogen) atoms. The normalized spacial score (nSPS) is 22.9. The van der Waals surface area contributed by atoms with Crippen LogP contribution in [0.15, 0.2) is 24.3 Å². The lowest BCUT2D eigenvalue weighted by Crippen LogP contribution is -2.47. The average molecular weight is 216 g/mol. The summed E-state index contributed by atoms with van der Waals surface area (Å²) in [7, 11) is 0. The smallest absolute Gasteiger partial charge is 0.140 e. The molecule has 1 aromatic carbocycles. The fourth-order valence-electron chi connectivity index (χ4n) is 3.17. The van der Waals surface area contributed by atoms with E-state index in [-0.39, 0.29) is 5.41 Å². The molecule has 0 spiro atoms. The molecule has 0 bridgehead atoms. The number of Topliss-reactive ketones (excluding diaryl/α,β-unsaturated/α-hetero) is 1. The van der Waals surface area contributed by atoms with Crippen molar-refractivity contribution in [3.05, 3.63) is 35.4 Å². The number of carbonyl (C=O) groups is 1. The molecular formula is C15H20O. The number of benzene rings is 1. The first-order valence-electron chi connectivity index (χ1n) is 6.24. The maximum atomic E-state index is 11.9. The van der Waals surface area contributed by atoms with Gasteiger partial charge in [-0.15, -0.1) is 0 Å². The highest BCUT2D eigenvalue weighted by molar-refractivity contribution is 5.93. The largest absolute Gasteiger partial charge is 0.299 e. The number of ketones is 1. The summed E-state index contributed by atoms with van der Waals surface area (Å²) in [5.41, 5.74) is 2.64. The Labute approximate surface area is 97.9 Å². The summed E-state index contributed by atoms with van der Waals surface area (Å²) in [6.07, 6.45) is 2.69. The molecular weight excluding hydrogens is 196 g/mol. The van der Waals surface area contributed by atoms with Crippen molar-refractivity contribution in [2.45, 2.75) is 46.0 Å². The average Bonchev–Trinajstić information content (AvgIpc) is 2.29. The summed E-state index contributed by atoms with van der Waals surface area (Å²) in [6, 6.07) is 8.49. The van der Waals surface area contributed by atoms with Gasteiger partial charge in [-0.1, -0.05) is 38.1 Å². The second-order valence-corrected chi connectivity index (χ2v) is 4.90. The van der Waals surface area contributed by atoms with E-state index in [2.05, 4.69) is 45.0 Å². The third-order valence-corrected chi connectivity index (χ3v) is 4.44. The second-order valence-electron chi connectivity index (χ2n) is 4.90. The summed E-state index contributed by atoms with van der Waals surface area (Å²) < 4.78 is 0. The Kier molecular flexibility index (Phi) is 2.88. The Morgan fingerprint density at radius 1 is 1.25 bits per heavy atom. The molecule has 2 rings (SSSR count). The highest BCUT2D eigenvalue weighted by atomic mass is 16.1. The minimum Gasteiger partial charge on any atom is -0.299 e. The van der Waals surface area contributed by atoms with Gasteiger partial charge in [0.15, 0.2) is 0 Å². The first kappa shape index (κ1) is 11.4. The van der Waals surface area contributed by atoms with Crippen molar-refractivity contribution < 1.29 is 4.79 Å². The Hall–Kier alpha value is -1.11. The van der Waals surface area contributed by atoms with E-state index >= 15 is 0 Å². The van der Waals surface area contributed by atoms with E-state index < -0.39 is 0 Å². The molecule has 1 nitrogen and oxygen atoms in total. The lowest BCUT2D eigenvalue weighted by Gasteiger charge is -2.48. The molecule has 1 saturated carbocycles. The molecule has 1 fully saturated rings. The highest BCUT2D eigenvalue weighted by Crippen LogP contribution is 2.54. The molecule has 0 heterocycles. The third-order valence-electron chi connectivity index (χ3n) is 4.44. The molecule has 0 radical (unpaired) electrons. The van der Waals surface area contributed by atoms with Crippen LogP contribution in [-0.2, 0) is 4.79 Å². The Morgan fingerprint density at radius 3 is 2.38 bits per heavy atom. The quantitative estimate of drug-likeness (QED) is 0.750. The van der Waals surface area contributed by atoms with E-state index in [0.717, 1.165) is 19.3 Å². The highest BCUT2D eigenvalue weighted by Gasteiger charge is 2.52. The molecule has 1 atom stereocenters. The van der Waals surface area contributed by atoms with Crippen LogP contribution in [0, 0.1) is 12.3 Å². The van der Waals surface area contributed by atoms with Gasteiger partial charge < -0.3 is 0 Å². The lowest BCUT2D eigenvalue weighted by molar-refractivity contribution is -0.141. The van der Waals surface area contributed by atoms with Crippen LogP contribution < -0.4 is 0 Å². The molecule has 1 aliphatic carbocycles. The van der Waals surface area contributed by atoms with Gasteiger partial charge in [-0.25, -0.2) is 0 Å². The van der Waals surface area contributed by atoms with Crippen LogP contribution in [0.4, 0.5) is 0 Å². The third kappa shape index (κ3) is 1.41. The monoisotopic (exact) mass is 216 g/mol. The summed E-state index contributed by atoms with van der Waals surface area (Å²) in [4.78, 5) is 11.9. The predicted molar refractivity (Wildman–Crippen MR) is 66.6 cm³/mol. The fourth-order valence-corrected chi connectivity index (χ4v) is 3.17. The molecule has 1 aliphatic rings. The van der Waals surface area contributed by atoms with Crippen LogP contribution in [0.5, 0.6) is 0 Å². The van der Waals surface area contributed by atoms with E-state index in [1.54, 1.807) is 0 Å². The van der Waals surface area contributed by atoms with Gasteiger partial charge in [0, 0.05) is 17.8 Å². The standard InChI is InChI=1S/C15H20O/c1-4-15(5-2)13(10-14(15)16)12-9-7-6-8-11(12)3/h6-9,13H,4-5,10H2,1-3H3. The SMILES string of the molecule is CCC1(CC)C(=O)CC1c1ccccc1C. The van der Waals surface area contributed by atoms with Crippen molar-refractivity contribution in [3.63, 3.8) is 0 Å². The Balaban J connectivity index is 2.37. The molecule has 1 unspecified atom stereocenters. The Bertz CT molecular complexity index is 402. The van der Waals surface area contributed by atoms with Gasteiger partial charge in [0.1, 0.15) is 5.78 Å². The van der Waals surface area contributed by atoms with E-state index in [1.807, 2.05) is 0 Å². The van der Waals surface area contributed by atoms with Crippen LogP contribution in [0.1, 0.15) is 50.2 Å². The van der Waals surface area contributed by atoms with Gasteiger partial charge in [0.2, 0.25) is 0 Å². The van der Waals surface area contributed by atoms with Crippen LogP contribution in [0.2, 0.25) is 0 Å². The molecule has 0 N–H and O–H groups in total. The van der Waals surface area contributed by atoms with Crippen molar-refractivity contribution in [2.75, 3.05) is 0 Å². The van der Waals surface area contributed by atoms with Gasteiger partial charge in [0.05, 0.1) is 0 Å². The number of hydrogen-bond donors (Lipinski definition) is 0. The maximum absolute atomic E-state index is 11.9. The second kappa shape index (κ2) is 4.04. The molecule has 0 saturated heterocycles. The number of carbonyl (C=O) groups excluding carboxylic acids is 1. The maximum Gasteiger partial charge on any atom is 0.140 e. The van der Waals surface area contributed by atoms with Gasteiger partial charge in [-0.3, -0.25) is 4.79 Å². The van der Waals surface area contributed by atoms with Crippen molar-refractivity contribution in [2.24, 2.45) is 5.41 Å². The topological polar surface area (TPSA) is 17.1 Å². The fraction of sp³-hybridized carbons (Fsp3) is 0.533. The Morgan fingerprint density at radius 2 is 1.88 bits per heavy atom. The summed E-state index contributed by atoms with van der Waals surface area (Å²) >= 11 is 0. The zero-order valence-electron chi connectivity index (χ0n) is 10.4. The van der Waals surface area contributed by atoms with Crippen molar-refractivity contribution in [1.29, 1.82) is 0 Å². The predicted octanol–water partition coefficient (Wildman–Crippen LogP) is 3.86. The van der Waals surface area contributed by atoms with E-state index in [9.17, 15) is 4.79 Å². The van der Waals surface area contributed by atoms with Gasteiger partial charge in [-0.05, 0) is 30.9 Å². The lowest BCUT2D eigenvalue weighted by atomic mass is 9.54. The van der Waals surface area contributed by atoms with Crippen molar-refractivity contribution in [1.82, 2.24) is 0 Å². The van der Waals surface area contributed by atoms with E-state index in [4.69, 9.17) is 0 Å². The molecule has 0 aliphatic heterocycles. The molecule has 86 valence electrons. The van der Waals surface area contributed by atoms with E-state index in [0.29, 0.717) is 11.7 Å². The first-order chi connectivity index (χ1) is 7.65. The van der Waals surface area contributed by atoms with Crippen LogP contribution in [0.3, 0.4) is 0 Å². The zero-order valence-corrected chi connectivity index (χ0v) is 10.4. The van der Waals surface area contributed by atoms with Gasteiger partial charge in [0.25, 0.3) is 0 Å². The number of rotatable bonds is 3. The zero-order chi connectivity index (χ0) is 11.8. The summed E-state index contributed by atoms with van der Waals surface area (Å²) in [5.74, 6) is 0.918. The van der Waals surface area contributed by atoms with Gasteiger partial charge in [-0.2, -0.15) is 0 Å². The summed E-state index contributed by atoms with van der Waals surface area (Å²) in [6.45, 7) is 6.44. The first-order valence-corrected chi connectivity index (χ1v) is 6.24. The summed E-state index contributed by atoms with van der Waals surface area (Å²) in [5, 5.41) is 0. The van der Waals surface area contributed by atoms with Crippen molar-refractivity contribution in [3.8, 4) is 0 Å². The molecule has 0 aromatic heterocycles. The van der Waals surface area contributed by atoms with Crippen LogP contribution >= 0.6 is 0 Å². The molecule has 1 heteroatoms. The van der Waals surface area contributed by atoms with E-state index in [1.165, 1.54) is 11.1 Å². The van der Waals surface area contributed by atoms with Crippen LogP contribution in [0.25, 0.3) is 0 Å². The van der Waals surface area contributed by atoms with Crippen LogP contribution in [-0.4, -0.2) is 5.78 Å². The minimum absolute atomic E-state index is 0.0634. The van der Waals surface area contributed by atoms with Gasteiger partial charge >= 0.3 is 0 Å². The number of aryl methyl sites for hydroxylation is 1. The van der Waals surface area contributed by atoms with Crippen molar-refractivity contribution >= 4 is 5.78 Å².